The highest BCUT2D eigenvalue weighted by Crippen LogP contribution is 2.34. The van der Waals surface area contributed by atoms with Gasteiger partial charge in [0.05, 0.1) is 11.4 Å². The minimum Gasteiger partial charge on any atom is -0.370 e. The molecule has 5 heteroatoms. The fourth-order valence-electron chi connectivity index (χ4n) is 2.98. The molecule has 0 spiro atoms. The van der Waals surface area contributed by atoms with Gasteiger partial charge in [0, 0.05) is 5.69 Å². The Bertz CT molecular complexity index is 797. The summed E-state index contributed by atoms with van der Waals surface area (Å²) in [7, 11) is 0. The molecule has 0 aliphatic carbocycles. The minimum atomic E-state index is -0.753. The smallest absolute Gasteiger partial charge is 0.252 e. The number of nitrogens with one attached hydrogen (secondary N) is 2. The van der Waals surface area contributed by atoms with Crippen molar-refractivity contribution in [3.63, 3.8) is 0 Å². The highest BCUT2D eigenvalue weighted by Gasteiger charge is 2.39. The lowest BCUT2D eigenvalue weighted by molar-refractivity contribution is -0.124. The molecule has 2 amide bonds. The Morgan fingerprint density at radius 2 is 1.80 bits per heavy atom. The first-order valence-corrected chi connectivity index (χ1v) is 8.48. The van der Waals surface area contributed by atoms with Crippen LogP contribution in [0.5, 0.6) is 0 Å². The Morgan fingerprint density at radius 1 is 1.12 bits per heavy atom. The molecular weight excluding hydrogens is 314 g/mol. The van der Waals surface area contributed by atoms with Crippen molar-refractivity contribution in [2.24, 2.45) is 0 Å². The number of aryl methyl sites for hydroxylation is 1. The molecule has 0 bridgehead atoms. The molecule has 1 heterocycles. The summed E-state index contributed by atoms with van der Waals surface area (Å²) in [4.78, 5) is 26.8. The van der Waals surface area contributed by atoms with Crippen LogP contribution in [-0.2, 0) is 16.0 Å². The molecule has 0 saturated carbocycles. The Labute approximate surface area is 148 Å². The van der Waals surface area contributed by atoms with Crippen LogP contribution in [0, 0.1) is 0 Å². The van der Waals surface area contributed by atoms with Gasteiger partial charge in [0.2, 0.25) is 5.91 Å². The Morgan fingerprint density at radius 3 is 2.48 bits per heavy atom. The highest BCUT2D eigenvalue weighted by atomic mass is 16.2. The van der Waals surface area contributed by atoms with E-state index in [1.165, 1.54) is 5.56 Å². The van der Waals surface area contributed by atoms with Gasteiger partial charge >= 0.3 is 0 Å². The van der Waals surface area contributed by atoms with E-state index < -0.39 is 5.54 Å². The molecule has 25 heavy (non-hydrogen) atoms. The van der Waals surface area contributed by atoms with E-state index in [1.54, 1.807) is 4.90 Å². The van der Waals surface area contributed by atoms with Crippen molar-refractivity contribution in [1.82, 2.24) is 0 Å². The third-order valence-corrected chi connectivity index (χ3v) is 4.37. The number of rotatable bonds is 4. The molecule has 0 radical (unpaired) electrons. The van der Waals surface area contributed by atoms with Crippen LogP contribution < -0.4 is 15.5 Å². The molecular formula is C20H23N3O2. The largest absolute Gasteiger partial charge is 0.370 e. The van der Waals surface area contributed by atoms with Crippen LogP contribution in [0.25, 0.3) is 0 Å². The van der Waals surface area contributed by atoms with Gasteiger partial charge in [-0.05, 0) is 50.1 Å². The van der Waals surface area contributed by atoms with E-state index in [2.05, 4.69) is 17.6 Å². The zero-order valence-corrected chi connectivity index (χ0v) is 14.8. The predicted molar refractivity (Wildman–Crippen MR) is 101 cm³/mol. The van der Waals surface area contributed by atoms with Crippen molar-refractivity contribution in [2.45, 2.75) is 32.7 Å². The molecule has 0 saturated heterocycles. The van der Waals surface area contributed by atoms with Gasteiger partial charge < -0.3 is 10.6 Å². The SMILES string of the molecule is CCc1ccc(NC(=O)CN2C(=O)C(C)(C)Nc3ccccc32)cc1. The molecule has 0 fully saturated rings. The Balaban J connectivity index is 1.78. The van der Waals surface area contributed by atoms with Crippen LogP contribution in [0.2, 0.25) is 0 Å². The number of para-hydroxylation sites is 2. The normalized spacial score (nSPS) is 15.3. The van der Waals surface area contributed by atoms with Gasteiger partial charge in [0.25, 0.3) is 5.91 Å². The maximum absolute atomic E-state index is 12.8. The summed E-state index contributed by atoms with van der Waals surface area (Å²) in [5, 5.41) is 6.09. The number of hydrogen-bond acceptors (Lipinski definition) is 3. The van der Waals surface area contributed by atoms with E-state index in [-0.39, 0.29) is 18.4 Å². The summed E-state index contributed by atoms with van der Waals surface area (Å²) in [6.07, 6.45) is 0.954. The molecule has 130 valence electrons. The van der Waals surface area contributed by atoms with E-state index in [0.29, 0.717) is 0 Å². The van der Waals surface area contributed by atoms with E-state index in [0.717, 1.165) is 23.5 Å². The van der Waals surface area contributed by atoms with Crippen LogP contribution in [0.15, 0.2) is 48.5 Å². The average molecular weight is 337 g/mol. The number of carbonyl (C=O) groups excluding carboxylic acids is 2. The van der Waals surface area contributed by atoms with Crippen LogP contribution in [0.4, 0.5) is 17.1 Å². The lowest BCUT2D eigenvalue weighted by Crippen LogP contribution is -2.55. The minimum absolute atomic E-state index is 0.0174. The molecule has 0 unspecified atom stereocenters. The summed E-state index contributed by atoms with van der Waals surface area (Å²) in [6.45, 7) is 5.71. The van der Waals surface area contributed by atoms with Crippen molar-refractivity contribution < 1.29 is 9.59 Å². The van der Waals surface area contributed by atoms with Crippen molar-refractivity contribution in [1.29, 1.82) is 0 Å². The summed E-state index contributed by atoms with van der Waals surface area (Å²) in [5.74, 6) is -0.340. The first-order valence-electron chi connectivity index (χ1n) is 8.48. The average Bonchev–Trinajstić information content (AvgIpc) is 2.59. The van der Waals surface area contributed by atoms with Crippen molar-refractivity contribution >= 4 is 28.9 Å². The molecule has 3 rings (SSSR count). The molecule has 1 aliphatic heterocycles. The first-order chi connectivity index (χ1) is 11.9. The number of amides is 2. The quantitative estimate of drug-likeness (QED) is 0.898. The number of benzene rings is 2. The van der Waals surface area contributed by atoms with Gasteiger partial charge in [-0.2, -0.15) is 0 Å². The summed E-state index contributed by atoms with van der Waals surface area (Å²) < 4.78 is 0. The van der Waals surface area contributed by atoms with Crippen molar-refractivity contribution in [3.05, 3.63) is 54.1 Å². The van der Waals surface area contributed by atoms with Gasteiger partial charge in [0.15, 0.2) is 0 Å². The number of carbonyl (C=O) groups is 2. The second-order valence-electron chi connectivity index (χ2n) is 6.76. The van der Waals surface area contributed by atoms with Gasteiger partial charge in [-0.25, -0.2) is 0 Å². The number of fused-ring (bicyclic) bond motifs is 1. The monoisotopic (exact) mass is 337 g/mol. The lowest BCUT2D eigenvalue weighted by Gasteiger charge is -2.39. The van der Waals surface area contributed by atoms with Gasteiger partial charge in [-0.1, -0.05) is 31.2 Å². The summed E-state index contributed by atoms with van der Waals surface area (Å²) in [5.41, 5.74) is 2.77. The molecule has 0 aromatic heterocycles. The molecule has 2 aromatic carbocycles. The van der Waals surface area contributed by atoms with Crippen LogP contribution in [-0.4, -0.2) is 23.9 Å². The van der Waals surface area contributed by atoms with Gasteiger partial charge in [-0.15, -0.1) is 0 Å². The third kappa shape index (κ3) is 3.50. The van der Waals surface area contributed by atoms with E-state index in [4.69, 9.17) is 0 Å². The summed E-state index contributed by atoms with van der Waals surface area (Å²) >= 11 is 0. The molecule has 1 aliphatic rings. The van der Waals surface area contributed by atoms with E-state index in [1.807, 2.05) is 62.4 Å². The molecule has 2 aromatic rings. The Hall–Kier alpha value is -2.82. The number of nitrogens with zero attached hydrogens (tertiary/aromatic N) is 1. The second kappa shape index (κ2) is 6.59. The van der Waals surface area contributed by atoms with Gasteiger partial charge in [0.1, 0.15) is 12.1 Å². The van der Waals surface area contributed by atoms with Crippen LogP contribution in [0.3, 0.4) is 0 Å². The number of hydrogen-bond donors (Lipinski definition) is 2. The van der Waals surface area contributed by atoms with Crippen molar-refractivity contribution in [3.8, 4) is 0 Å². The topological polar surface area (TPSA) is 61.4 Å². The van der Waals surface area contributed by atoms with Gasteiger partial charge in [-0.3, -0.25) is 14.5 Å². The maximum atomic E-state index is 12.8. The second-order valence-corrected chi connectivity index (χ2v) is 6.76. The fraction of sp³-hybridized carbons (Fsp3) is 0.300. The zero-order valence-electron chi connectivity index (χ0n) is 14.8. The Kier molecular flexibility index (Phi) is 4.49. The fourth-order valence-corrected chi connectivity index (χ4v) is 2.98. The third-order valence-electron chi connectivity index (χ3n) is 4.37. The molecule has 5 nitrogen and oxygen atoms in total. The summed E-state index contributed by atoms with van der Waals surface area (Å²) in [6, 6.07) is 15.3. The molecule has 0 atom stereocenters. The lowest BCUT2D eigenvalue weighted by atomic mass is 9.98. The predicted octanol–water partition coefficient (Wildman–Crippen LogP) is 3.42. The van der Waals surface area contributed by atoms with Crippen LogP contribution in [0.1, 0.15) is 26.3 Å². The number of anilines is 3. The first kappa shape index (κ1) is 17.0. The highest BCUT2D eigenvalue weighted by molar-refractivity contribution is 6.11. The molecule has 2 N–H and O–H groups in total. The van der Waals surface area contributed by atoms with Crippen LogP contribution >= 0.6 is 0 Å². The van der Waals surface area contributed by atoms with E-state index >= 15 is 0 Å². The maximum Gasteiger partial charge on any atom is 0.252 e. The standard InChI is InChI=1S/C20H23N3O2/c1-4-14-9-11-15(12-10-14)21-18(24)13-23-17-8-6-5-7-16(17)22-20(2,3)19(23)25/h5-12,22H,4,13H2,1-3H3,(H,21,24). The van der Waals surface area contributed by atoms with Crippen molar-refractivity contribution in [2.75, 3.05) is 22.1 Å². The van der Waals surface area contributed by atoms with E-state index in [9.17, 15) is 9.59 Å². The zero-order chi connectivity index (χ0) is 18.0.